The van der Waals surface area contributed by atoms with E-state index >= 15 is 0 Å². The lowest BCUT2D eigenvalue weighted by Gasteiger charge is -2.25. The van der Waals surface area contributed by atoms with Gasteiger partial charge in [0, 0.05) is 18.1 Å². The van der Waals surface area contributed by atoms with Crippen LogP contribution in [0.15, 0.2) is 24.3 Å². The third-order valence-electron chi connectivity index (χ3n) is 4.78. The topological polar surface area (TPSA) is 15.3 Å². The van der Waals surface area contributed by atoms with E-state index in [2.05, 4.69) is 55.3 Å². The van der Waals surface area contributed by atoms with Gasteiger partial charge in [-0.1, -0.05) is 24.3 Å². The minimum absolute atomic E-state index is 0.247. The van der Waals surface area contributed by atoms with Crippen molar-refractivity contribution >= 4 is 0 Å². The Morgan fingerprint density at radius 3 is 2.40 bits per heavy atom. The number of benzene rings is 1. The van der Waals surface area contributed by atoms with Crippen LogP contribution in [0.2, 0.25) is 0 Å². The van der Waals surface area contributed by atoms with Crippen molar-refractivity contribution in [2.75, 3.05) is 19.6 Å². The first kappa shape index (κ1) is 14.1. The van der Waals surface area contributed by atoms with Gasteiger partial charge in [-0.05, 0) is 70.2 Å². The zero-order valence-corrected chi connectivity index (χ0v) is 13.2. The predicted octanol–water partition coefficient (Wildman–Crippen LogP) is 2.86. The zero-order chi connectivity index (χ0) is 14.2. The number of likely N-dealkylation sites (tertiary alicyclic amines) is 1. The molecule has 0 radical (unpaired) electrons. The molecule has 1 aliphatic carbocycles. The van der Waals surface area contributed by atoms with Gasteiger partial charge in [-0.2, -0.15) is 0 Å². The van der Waals surface area contributed by atoms with Crippen molar-refractivity contribution < 1.29 is 0 Å². The van der Waals surface area contributed by atoms with Crippen molar-refractivity contribution in [3.63, 3.8) is 0 Å². The Morgan fingerprint density at radius 1 is 1.15 bits per heavy atom. The Hall–Kier alpha value is -0.860. The van der Waals surface area contributed by atoms with Crippen molar-refractivity contribution in [3.05, 3.63) is 35.4 Å². The molecule has 20 heavy (non-hydrogen) atoms. The number of hydrogen-bond donors (Lipinski definition) is 1. The molecule has 0 aromatic heterocycles. The van der Waals surface area contributed by atoms with Gasteiger partial charge < -0.3 is 5.32 Å². The van der Waals surface area contributed by atoms with E-state index < -0.39 is 0 Å². The molecule has 0 amide bonds. The summed E-state index contributed by atoms with van der Waals surface area (Å²) in [6, 6.07) is 9.74. The van der Waals surface area contributed by atoms with Crippen LogP contribution in [-0.2, 0) is 12.8 Å². The van der Waals surface area contributed by atoms with Gasteiger partial charge in [0.2, 0.25) is 0 Å². The maximum atomic E-state index is 3.67. The highest BCUT2D eigenvalue weighted by Crippen LogP contribution is 2.29. The van der Waals surface area contributed by atoms with E-state index in [1.165, 1.54) is 38.9 Å². The average Bonchev–Trinajstić information content (AvgIpc) is 3.01. The third kappa shape index (κ3) is 3.24. The first-order valence-corrected chi connectivity index (χ1v) is 8.07. The standard InChI is InChI=1S/C18H28N2/c1-18(2,3)19-12-14-8-9-20(13-14)17-10-15-6-4-5-7-16(15)11-17/h4-7,14,17,19H,8-13H2,1-3H3. The molecule has 1 saturated heterocycles. The molecule has 1 fully saturated rings. The summed E-state index contributed by atoms with van der Waals surface area (Å²) in [5, 5.41) is 3.67. The fourth-order valence-corrected chi connectivity index (χ4v) is 3.61. The highest BCUT2D eigenvalue weighted by Gasteiger charge is 2.32. The summed E-state index contributed by atoms with van der Waals surface area (Å²) >= 11 is 0. The van der Waals surface area contributed by atoms with Gasteiger partial charge >= 0.3 is 0 Å². The Kier molecular flexibility index (Phi) is 3.87. The molecule has 1 aromatic carbocycles. The van der Waals surface area contributed by atoms with Crippen LogP contribution >= 0.6 is 0 Å². The lowest BCUT2D eigenvalue weighted by Crippen LogP contribution is -2.40. The highest BCUT2D eigenvalue weighted by molar-refractivity contribution is 5.33. The first-order chi connectivity index (χ1) is 9.51. The zero-order valence-electron chi connectivity index (χ0n) is 13.2. The van der Waals surface area contributed by atoms with Gasteiger partial charge in [0.25, 0.3) is 0 Å². The van der Waals surface area contributed by atoms with E-state index in [4.69, 9.17) is 0 Å². The van der Waals surface area contributed by atoms with Crippen LogP contribution in [0.5, 0.6) is 0 Å². The van der Waals surface area contributed by atoms with Crippen LogP contribution in [0, 0.1) is 5.92 Å². The Morgan fingerprint density at radius 2 is 1.80 bits per heavy atom. The van der Waals surface area contributed by atoms with Gasteiger partial charge in [0.15, 0.2) is 0 Å². The molecule has 0 bridgehead atoms. The van der Waals surface area contributed by atoms with Gasteiger partial charge in [-0.3, -0.25) is 4.90 Å². The molecule has 1 atom stereocenters. The predicted molar refractivity (Wildman–Crippen MR) is 85.1 cm³/mol. The maximum Gasteiger partial charge on any atom is 0.0176 e. The molecule has 0 saturated carbocycles. The summed E-state index contributed by atoms with van der Waals surface area (Å²) in [4.78, 5) is 2.73. The van der Waals surface area contributed by atoms with E-state index in [0.717, 1.165) is 12.0 Å². The fourth-order valence-electron chi connectivity index (χ4n) is 3.61. The monoisotopic (exact) mass is 272 g/mol. The van der Waals surface area contributed by atoms with Crippen LogP contribution in [0.25, 0.3) is 0 Å². The minimum atomic E-state index is 0.247. The van der Waals surface area contributed by atoms with Crippen molar-refractivity contribution in [3.8, 4) is 0 Å². The number of hydrogen-bond acceptors (Lipinski definition) is 2. The molecule has 2 nitrogen and oxygen atoms in total. The minimum Gasteiger partial charge on any atom is -0.312 e. The Balaban J connectivity index is 1.52. The molecule has 1 aliphatic heterocycles. The van der Waals surface area contributed by atoms with Crippen molar-refractivity contribution in [1.29, 1.82) is 0 Å². The first-order valence-electron chi connectivity index (χ1n) is 8.07. The fraction of sp³-hybridized carbons (Fsp3) is 0.667. The van der Waals surface area contributed by atoms with Gasteiger partial charge in [0.1, 0.15) is 0 Å². The number of nitrogens with zero attached hydrogens (tertiary/aromatic N) is 1. The summed E-state index contributed by atoms with van der Waals surface area (Å²) in [5.41, 5.74) is 3.40. The second-order valence-corrected chi connectivity index (χ2v) is 7.61. The Labute approximate surface area is 123 Å². The molecule has 1 aromatic rings. The largest absolute Gasteiger partial charge is 0.312 e. The summed E-state index contributed by atoms with van der Waals surface area (Å²) in [6.07, 6.45) is 3.88. The molecule has 0 spiro atoms. The molecular weight excluding hydrogens is 244 g/mol. The van der Waals surface area contributed by atoms with E-state index in [9.17, 15) is 0 Å². The molecular formula is C18H28N2. The second kappa shape index (κ2) is 5.50. The van der Waals surface area contributed by atoms with Gasteiger partial charge in [0.05, 0.1) is 0 Å². The lowest BCUT2D eigenvalue weighted by molar-refractivity contribution is 0.237. The van der Waals surface area contributed by atoms with Crippen molar-refractivity contribution in [1.82, 2.24) is 10.2 Å². The van der Waals surface area contributed by atoms with E-state index in [0.29, 0.717) is 0 Å². The SMILES string of the molecule is CC(C)(C)NCC1CCN(C2Cc3ccccc3C2)C1. The van der Waals surface area contributed by atoms with Crippen LogP contribution < -0.4 is 5.32 Å². The number of nitrogens with one attached hydrogen (secondary N) is 1. The molecule has 1 unspecified atom stereocenters. The van der Waals surface area contributed by atoms with Gasteiger partial charge in [-0.15, -0.1) is 0 Å². The van der Waals surface area contributed by atoms with Crippen molar-refractivity contribution in [2.45, 2.75) is 51.6 Å². The molecule has 2 heteroatoms. The van der Waals surface area contributed by atoms with Gasteiger partial charge in [-0.25, -0.2) is 0 Å². The maximum absolute atomic E-state index is 3.67. The molecule has 3 rings (SSSR count). The van der Waals surface area contributed by atoms with Crippen LogP contribution in [0.4, 0.5) is 0 Å². The second-order valence-electron chi connectivity index (χ2n) is 7.61. The van der Waals surface area contributed by atoms with Crippen LogP contribution in [0.1, 0.15) is 38.3 Å². The molecule has 110 valence electrons. The quantitative estimate of drug-likeness (QED) is 0.910. The van der Waals surface area contributed by atoms with Crippen LogP contribution in [0.3, 0.4) is 0 Å². The summed E-state index contributed by atoms with van der Waals surface area (Å²) in [6.45, 7) is 10.5. The third-order valence-corrected chi connectivity index (χ3v) is 4.78. The summed E-state index contributed by atoms with van der Waals surface area (Å²) in [5.74, 6) is 0.831. The summed E-state index contributed by atoms with van der Waals surface area (Å²) < 4.78 is 0. The van der Waals surface area contributed by atoms with E-state index in [1.54, 1.807) is 11.1 Å². The molecule has 1 N–H and O–H groups in total. The molecule has 2 aliphatic rings. The van der Waals surface area contributed by atoms with E-state index in [1.807, 2.05) is 0 Å². The lowest BCUT2D eigenvalue weighted by atomic mass is 10.1. The average molecular weight is 272 g/mol. The van der Waals surface area contributed by atoms with E-state index in [-0.39, 0.29) is 5.54 Å². The highest BCUT2D eigenvalue weighted by atomic mass is 15.2. The Bertz CT molecular complexity index is 436. The van der Waals surface area contributed by atoms with Crippen molar-refractivity contribution in [2.24, 2.45) is 5.92 Å². The number of fused-ring (bicyclic) bond motifs is 1. The van der Waals surface area contributed by atoms with Crippen LogP contribution in [-0.4, -0.2) is 36.1 Å². The normalized spacial score (nSPS) is 24.2. The smallest absolute Gasteiger partial charge is 0.0176 e. The number of rotatable bonds is 3. The summed E-state index contributed by atoms with van der Waals surface area (Å²) in [7, 11) is 0. The molecule has 1 heterocycles.